The Kier molecular flexibility index (Phi) is 3.24. The Hall–Kier alpha value is -1.22. The molecule has 0 spiro atoms. The Bertz CT molecular complexity index is 289. The van der Waals surface area contributed by atoms with Gasteiger partial charge in [0.25, 0.3) is 0 Å². The van der Waals surface area contributed by atoms with E-state index in [1.54, 1.807) is 6.33 Å². The van der Waals surface area contributed by atoms with Gasteiger partial charge in [-0.1, -0.05) is 12.2 Å². The SMILES string of the molecule is C(=CC1CCNCC1)c1cncnc1. The predicted octanol–water partition coefficient (Wildman–Crippen LogP) is 1.49. The van der Waals surface area contributed by atoms with Crippen molar-refractivity contribution in [3.05, 3.63) is 30.4 Å². The summed E-state index contributed by atoms with van der Waals surface area (Å²) in [5.74, 6) is 0.719. The fraction of sp³-hybridized carbons (Fsp3) is 0.455. The van der Waals surface area contributed by atoms with E-state index in [0.717, 1.165) is 24.6 Å². The molecule has 2 rings (SSSR count). The van der Waals surface area contributed by atoms with Crippen LogP contribution < -0.4 is 5.32 Å². The molecule has 0 aromatic carbocycles. The highest BCUT2D eigenvalue weighted by atomic mass is 14.9. The molecule has 0 unspecified atom stereocenters. The number of nitrogens with one attached hydrogen (secondary N) is 1. The van der Waals surface area contributed by atoms with Crippen LogP contribution in [0.4, 0.5) is 0 Å². The molecule has 74 valence electrons. The van der Waals surface area contributed by atoms with Crippen LogP contribution in [0.25, 0.3) is 6.08 Å². The highest BCUT2D eigenvalue weighted by Crippen LogP contribution is 2.14. The van der Waals surface area contributed by atoms with Crippen molar-refractivity contribution in [1.29, 1.82) is 0 Å². The molecule has 1 aromatic rings. The van der Waals surface area contributed by atoms with E-state index >= 15 is 0 Å². The van der Waals surface area contributed by atoms with Crippen LogP contribution in [0.3, 0.4) is 0 Å². The van der Waals surface area contributed by atoms with E-state index in [4.69, 9.17) is 0 Å². The maximum Gasteiger partial charge on any atom is 0.115 e. The number of hydrogen-bond acceptors (Lipinski definition) is 3. The van der Waals surface area contributed by atoms with Gasteiger partial charge in [0, 0.05) is 18.0 Å². The highest BCUT2D eigenvalue weighted by molar-refractivity contribution is 5.46. The Morgan fingerprint density at radius 3 is 2.64 bits per heavy atom. The zero-order valence-electron chi connectivity index (χ0n) is 8.19. The Balaban J connectivity index is 1.93. The van der Waals surface area contributed by atoms with E-state index in [1.165, 1.54) is 12.8 Å². The molecule has 1 aromatic heterocycles. The van der Waals surface area contributed by atoms with Crippen LogP contribution in [-0.4, -0.2) is 23.1 Å². The summed E-state index contributed by atoms with van der Waals surface area (Å²) in [6.45, 7) is 2.28. The monoisotopic (exact) mass is 189 g/mol. The molecular formula is C11H15N3. The van der Waals surface area contributed by atoms with E-state index in [0.29, 0.717) is 0 Å². The van der Waals surface area contributed by atoms with E-state index in [-0.39, 0.29) is 0 Å². The molecule has 1 saturated heterocycles. The van der Waals surface area contributed by atoms with Crippen LogP contribution in [0.1, 0.15) is 18.4 Å². The average Bonchev–Trinajstić information content (AvgIpc) is 2.29. The van der Waals surface area contributed by atoms with E-state index in [2.05, 4.69) is 27.4 Å². The minimum absolute atomic E-state index is 0.719. The Morgan fingerprint density at radius 2 is 1.93 bits per heavy atom. The quantitative estimate of drug-likeness (QED) is 0.766. The van der Waals surface area contributed by atoms with Crippen LogP contribution in [0.15, 0.2) is 24.8 Å². The molecule has 14 heavy (non-hydrogen) atoms. The van der Waals surface area contributed by atoms with Crippen molar-refractivity contribution in [2.24, 2.45) is 5.92 Å². The third kappa shape index (κ3) is 2.64. The van der Waals surface area contributed by atoms with E-state index in [1.807, 2.05) is 12.4 Å². The van der Waals surface area contributed by atoms with Gasteiger partial charge in [0.15, 0.2) is 0 Å². The van der Waals surface area contributed by atoms with Crippen molar-refractivity contribution in [3.63, 3.8) is 0 Å². The van der Waals surface area contributed by atoms with E-state index < -0.39 is 0 Å². The maximum absolute atomic E-state index is 3.97. The lowest BCUT2D eigenvalue weighted by molar-refractivity contribution is 0.438. The first kappa shape index (κ1) is 9.34. The van der Waals surface area contributed by atoms with Crippen molar-refractivity contribution < 1.29 is 0 Å². The summed E-state index contributed by atoms with van der Waals surface area (Å²) in [6, 6.07) is 0. The van der Waals surface area contributed by atoms with Gasteiger partial charge >= 0.3 is 0 Å². The van der Waals surface area contributed by atoms with Gasteiger partial charge < -0.3 is 5.32 Å². The third-order valence-corrected chi connectivity index (χ3v) is 2.53. The lowest BCUT2D eigenvalue weighted by Gasteiger charge is -2.19. The second-order valence-corrected chi connectivity index (χ2v) is 3.62. The first-order valence-corrected chi connectivity index (χ1v) is 5.09. The molecule has 0 amide bonds. The van der Waals surface area contributed by atoms with Gasteiger partial charge in [0.2, 0.25) is 0 Å². The lowest BCUT2D eigenvalue weighted by Crippen LogP contribution is -2.26. The van der Waals surface area contributed by atoms with Crippen molar-refractivity contribution >= 4 is 6.08 Å². The summed E-state index contributed by atoms with van der Waals surface area (Å²) >= 11 is 0. The number of nitrogens with zero attached hydrogens (tertiary/aromatic N) is 2. The Labute approximate surface area is 84.3 Å². The Morgan fingerprint density at radius 1 is 1.21 bits per heavy atom. The summed E-state index contributed by atoms with van der Waals surface area (Å²) in [5.41, 5.74) is 1.09. The second kappa shape index (κ2) is 4.86. The summed E-state index contributed by atoms with van der Waals surface area (Å²) in [6.07, 6.45) is 12.1. The maximum atomic E-state index is 3.97. The summed E-state index contributed by atoms with van der Waals surface area (Å²) in [5, 5.41) is 3.35. The smallest absolute Gasteiger partial charge is 0.115 e. The molecule has 1 fully saturated rings. The third-order valence-electron chi connectivity index (χ3n) is 2.53. The zero-order chi connectivity index (χ0) is 9.64. The molecule has 1 aliphatic heterocycles. The van der Waals surface area contributed by atoms with Crippen molar-refractivity contribution in [2.75, 3.05) is 13.1 Å². The molecule has 1 N–H and O–H groups in total. The number of aromatic nitrogens is 2. The van der Waals surface area contributed by atoms with Crippen molar-refractivity contribution in [2.45, 2.75) is 12.8 Å². The fourth-order valence-corrected chi connectivity index (χ4v) is 1.68. The summed E-state index contributed by atoms with van der Waals surface area (Å²) in [4.78, 5) is 7.95. The summed E-state index contributed by atoms with van der Waals surface area (Å²) < 4.78 is 0. The van der Waals surface area contributed by atoms with Crippen LogP contribution >= 0.6 is 0 Å². The van der Waals surface area contributed by atoms with Gasteiger partial charge in [-0.3, -0.25) is 0 Å². The molecule has 1 aliphatic rings. The molecule has 0 bridgehead atoms. The predicted molar refractivity (Wildman–Crippen MR) is 56.7 cm³/mol. The first-order valence-electron chi connectivity index (χ1n) is 5.09. The summed E-state index contributed by atoms with van der Waals surface area (Å²) in [7, 11) is 0. The van der Waals surface area contributed by atoms with Gasteiger partial charge in [0.1, 0.15) is 6.33 Å². The molecule has 0 radical (unpaired) electrons. The van der Waals surface area contributed by atoms with Gasteiger partial charge in [-0.2, -0.15) is 0 Å². The first-order chi connectivity index (χ1) is 6.95. The highest BCUT2D eigenvalue weighted by Gasteiger charge is 2.08. The molecule has 3 heteroatoms. The number of hydrogen-bond donors (Lipinski definition) is 1. The minimum Gasteiger partial charge on any atom is -0.317 e. The second-order valence-electron chi connectivity index (χ2n) is 3.62. The number of piperidine rings is 1. The van der Waals surface area contributed by atoms with Crippen LogP contribution in [0, 0.1) is 5.92 Å². The average molecular weight is 189 g/mol. The van der Waals surface area contributed by atoms with Crippen LogP contribution in [0.2, 0.25) is 0 Å². The van der Waals surface area contributed by atoms with Gasteiger partial charge in [-0.05, 0) is 31.8 Å². The minimum atomic E-state index is 0.719. The van der Waals surface area contributed by atoms with Gasteiger partial charge in [-0.25, -0.2) is 9.97 Å². The molecule has 3 nitrogen and oxygen atoms in total. The topological polar surface area (TPSA) is 37.8 Å². The van der Waals surface area contributed by atoms with Gasteiger partial charge in [-0.15, -0.1) is 0 Å². The van der Waals surface area contributed by atoms with Gasteiger partial charge in [0.05, 0.1) is 0 Å². The zero-order valence-corrected chi connectivity index (χ0v) is 8.19. The molecule has 2 heterocycles. The standard InChI is InChI=1S/C11H15N3/c1(10-3-5-12-6-4-10)2-11-7-13-9-14-8-11/h1-2,7-10,12H,3-6H2. The van der Waals surface area contributed by atoms with Crippen molar-refractivity contribution in [1.82, 2.24) is 15.3 Å². The molecule has 0 atom stereocenters. The lowest BCUT2D eigenvalue weighted by atomic mass is 9.97. The molecule has 0 aliphatic carbocycles. The fourth-order valence-electron chi connectivity index (χ4n) is 1.68. The van der Waals surface area contributed by atoms with Crippen molar-refractivity contribution in [3.8, 4) is 0 Å². The number of allylic oxidation sites excluding steroid dienone is 1. The molecular weight excluding hydrogens is 174 g/mol. The largest absolute Gasteiger partial charge is 0.317 e. The number of rotatable bonds is 2. The van der Waals surface area contributed by atoms with Crippen LogP contribution in [-0.2, 0) is 0 Å². The normalized spacial score (nSPS) is 18.9. The molecule has 0 saturated carbocycles. The van der Waals surface area contributed by atoms with Crippen LogP contribution in [0.5, 0.6) is 0 Å². The van der Waals surface area contributed by atoms with E-state index in [9.17, 15) is 0 Å².